The van der Waals surface area contributed by atoms with Gasteiger partial charge >= 0.3 is 11.9 Å². The Balaban J connectivity index is 1.43. The van der Waals surface area contributed by atoms with E-state index in [4.69, 9.17) is 28.4 Å². The van der Waals surface area contributed by atoms with E-state index in [0.29, 0.717) is 11.1 Å². The van der Waals surface area contributed by atoms with Crippen LogP contribution in [0.4, 0.5) is 34.1 Å². The summed E-state index contributed by atoms with van der Waals surface area (Å²) in [5, 5.41) is 0. The van der Waals surface area contributed by atoms with Crippen LogP contribution in [-0.2, 0) is 19.1 Å². The summed E-state index contributed by atoms with van der Waals surface area (Å²) in [4.78, 5) is 31.4. The molecule has 56 heavy (non-hydrogen) atoms. The van der Waals surface area contributed by atoms with Crippen LogP contribution in [0.5, 0.6) is 23.0 Å². The summed E-state index contributed by atoms with van der Waals surface area (Å²) < 4.78 is 32.1. The molecule has 0 saturated carbocycles. The van der Waals surface area contributed by atoms with Gasteiger partial charge in [-0.25, -0.2) is 9.59 Å². The molecule has 0 heterocycles. The molecule has 10 heteroatoms. The molecule has 0 aliphatic rings. The molecule has 0 radical (unpaired) electrons. The van der Waals surface area contributed by atoms with Gasteiger partial charge in [0.15, 0.2) is 0 Å². The van der Waals surface area contributed by atoms with Crippen molar-refractivity contribution in [2.24, 2.45) is 0 Å². The third-order valence-corrected chi connectivity index (χ3v) is 9.18. The average Bonchev–Trinajstić information content (AvgIpc) is 3.26. The Hall–Kier alpha value is -7.20. The summed E-state index contributed by atoms with van der Waals surface area (Å²) in [7, 11) is 9.06. The maximum atomic E-state index is 13.6. The fraction of sp³-hybridized carbons (Fsp3) is 0.130. The van der Waals surface area contributed by atoms with Crippen LogP contribution < -0.4 is 28.7 Å². The first-order chi connectivity index (χ1) is 27.3. The molecule has 0 amide bonds. The minimum Gasteiger partial charge on any atom is -0.497 e. The van der Waals surface area contributed by atoms with Gasteiger partial charge in [-0.1, -0.05) is 24.3 Å². The van der Waals surface area contributed by atoms with E-state index in [1.807, 2.05) is 121 Å². The Morgan fingerprint density at radius 1 is 0.321 bits per heavy atom. The molecule has 6 aromatic carbocycles. The molecule has 6 rings (SSSR count). The second-order valence-corrected chi connectivity index (χ2v) is 12.3. The zero-order valence-electron chi connectivity index (χ0n) is 32.0. The number of rotatable bonds is 14. The third-order valence-electron chi connectivity index (χ3n) is 9.18. The van der Waals surface area contributed by atoms with Gasteiger partial charge in [0.1, 0.15) is 23.0 Å². The largest absolute Gasteiger partial charge is 0.497 e. The number of methoxy groups -OCH3 is 6. The second kappa shape index (κ2) is 17.7. The summed E-state index contributed by atoms with van der Waals surface area (Å²) in [5.74, 6) is 1.52. The van der Waals surface area contributed by atoms with E-state index in [-0.39, 0.29) is 11.1 Å². The van der Waals surface area contributed by atoms with Crippen molar-refractivity contribution < 1.29 is 38.0 Å². The van der Waals surface area contributed by atoms with Gasteiger partial charge in [-0.15, -0.1) is 0 Å². The third kappa shape index (κ3) is 8.29. The number of carbonyl (C=O) groups excluding carboxylic acids is 2. The number of benzene rings is 6. The van der Waals surface area contributed by atoms with Gasteiger partial charge in [-0.3, -0.25) is 0 Å². The molecular weight excluding hydrogens is 709 g/mol. The predicted octanol–water partition coefficient (Wildman–Crippen LogP) is 9.92. The Morgan fingerprint density at radius 2 is 0.518 bits per heavy atom. The highest BCUT2D eigenvalue weighted by Crippen LogP contribution is 2.40. The molecule has 0 N–H and O–H groups in total. The Bertz CT molecular complexity index is 2010. The highest BCUT2D eigenvalue weighted by molar-refractivity contribution is 6.37. The Labute approximate surface area is 326 Å². The van der Waals surface area contributed by atoms with Crippen LogP contribution in [0.2, 0.25) is 0 Å². The van der Waals surface area contributed by atoms with Gasteiger partial charge in [0.05, 0.1) is 53.8 Å². The molecule has 0 aliphatic carbocycles. The lowest BCUT2D eigenvalue weighted by atomic mass is 9.94. The second-order valence-electron chi connectivity index (χ2n) is 12.3. The lowest BCUT2D eigenvalue weighted by Gasteiger charge is -2.26. The number of hydrogen-bond acceptors (Lipinski definition) is 10. The maximum absolute atomic E-state index is 13.6. The summed E-state index contributed by atoms with van der Waals surface area (Å²) in [6, 6.07) is 45.4. The topological polar surface area (TPSA) is 96.0 Å². The number of nitrogens with zero attached hydrogens (tertiary/aromatic N) is 2. The van der Waals surface area contributed by atoms with E-state index in [1.165, 1.54) is 14.2 Å². The van der Waals surface area contributed by atoms with Gasteiger partial charge in [0, 0.05) is 34.1 Å². The first kappa shape index (κ1) is 38.5. The van der Waals surface area contributed by atoms with Crippen LogP contribution in [-0.4, -0.2) is 54.6 Å². The molecule has 0 unspecified atom stereocenters. The van der Waals surface area contributed by atoms with Crippen molar-refractivity contribution in [1.29, 1.82) is 0 Å². The van der Waals surface area contributed by atoms with Crippen molar-refractivity contribution >= 4 is 57.2 Å². The fourth-order valence-electron chi connectivity index (χ4n) is 6.31. The molecule has 0 saturated heterocycles. The number of carbonyl (C=O) groups is 2. The van der Waals surface area contributed by atoms with Crippen molar-refractivity contribution in [3.63, 3.8) is 0 Å². The van der Waals surface area contributed by atoms with E-state index in [1.54, 1.807) is 52.7 Å². The standard InChI is InChI=1S/C46H42N2O8/c1-51-39-23-15-35(16-24-39)47(36-17-25-40(52-2)26-18-36)33-11-7-31(8-12-33)43(45(49)55-5)44(46(50)56-6)32-9-13-34(14-10-32)48(37-19-27-41(53-3)28-20-37)38-21-29-42(54-4)30-22-38/h7-30H,1-6H3/b44-43+. The lowest BCUT2D eigenvalue weighted by molar-refractivity contribution is -0.135. The molecule has 0 atom stereocenters. The van der Waals surface area contributed by atoms with Gasteiger partial charge in [-0.2, -0.15) is 0 Å². The smallest absolute Gasteiger partial charge is 0.339 e. The zero-order valence-corrected chi connectivity index (χ0v) is 32.0. The van der Waals surface area contributed by atoms with E-state index in [9.17, 15) is 9.59 Å². The normalized spacial score (nSPS) is 11.1. The molecule has 0 aromatic heterocycles. The summed E-state index contributed by atoms with van der Waals surface area (Å²) >= 11 is 0. The van der Waals surface area contributed by atoms with Crippen LogP contribution in [0.1, 0.15) is 11.1 Å². The summed E-state index contributed by atoms with van der Waals surface area (Å²) in [5.41, 5.74) is 6.15. The molecule has 0 bridgehead atoms. The van der Waals surface area contributed by atoms with Gasteiger partial charge < -0.3 is 38.2 Å². The quantitative estimate of drug-likeness (QED) is 0.0608. The number of hydrogen-bond donors (Lipinski definition) is 0. The summed E-state index contributed by atoms with van der Waals surface area (Å²) in [6.07, 6.45) is 0. The number of ether oxygens (including phenoxy) is 6. The van der Waals surface area contributed by atoms with Gasteiger partial charge in [0.25, 0.3) is 0 Å². The van der Waals surface area contributed by atoms with Crippen molar-refractivity contribution in [3.05, 3.63) is 157 Å². The zero-order chi connectivity index (χ0) is 39.6. The Morgan fingerprint density at radius 3 is 0.696 bits per heavy atom. The molecular formula is C46H42N2O8. The van der Waals surface area contributed by atoms with Crippen LogP contribution in [0.25, 0.3) is 11.1 Å². The fourth-order valence-corrected chi connectivity index (χ4v) is 6.31. The van der Waals surface area contributed by atoms with Crippen molar-refractivity contribution in [3.8, 4) is 23.0 Å². The maximum Gasteiger partial charge on any atom is 0.339 e. The average molecular weight is 751 g/mol. The van der Waals surface area contributed by atoms with E-state index >= 15 is 0 Å². The van der Waals surface area contributed by atoms with Crippen molar-refractivity contribution in [1.82, 2.24) is 0 Å². The molecule has 0 fully saturated rings. The number of anilines is 6. The van der Waals surface area contributed by atoms with Crippen LogP contribution in [0.15, 0.2) is 146 Å². The van der Waals surface area contributed by atoms with E-state index in [2.05, 4.69) is 9.80 Å². The van der Waals surface area contributed by atoms with Gasteiger partial charge in [0.2, 0.25) is 0 Å². The number of esters is 2. The Kier molecular flexibility index (Phi) is 12.2. The van der Waals surface area contributed by atoms with Crippen molar-refractivity contribution in [2.75, 3.05) is 52.5 Å². The molecule has 0 spiro atoms. The predicted molar refractivity (Wildman–Crippen MR) is 219 cm³/mol. The molecule has 284 valence electrons. The van der Waals surface area contributed by atoms with Crippen molar-refractivity contribution in [2.45, 2.75) is 0 Å². The van der Waals surface area contributed by atoms with E-state index < -0.39 is 11.9 Å². The molecule has 0 aliphatic heterocycles. The van der Waals surface area contributed by atoms with Crippen LogP contribution in [0, 0.1) is 0 Å². The van der Waals surface area contributed by atoms with Gasteiger partial charge in [-0.05, 0) is 132 Å². The molecule has 10 nitrogen and oxygen atoms in total. The summed E-state index contributed by atoms with van der Waals surface area (Å²) in [6.45, 7) is 0. The first-order valence-electron chi connectivity index (χ1n) is 17.6. The van der Waals surface area contributed by atoms with Crippen LogP contribution in [0.3, 0.4) is 0 Å². The minimum atomic E-state index is -0.692. The van der Waals surface area contributed by atoms with Crippen LogP contribution >= 0.6 is 0 Å². The monoisotopic (exact) mass is 750 g/mol. The SMILES string of the molecule is COC(=O)/C(=C(/C(=O)OC)c1ccc(N(c2ccc(OC)cc2)c2ccc(OC)cc2)cc1)c1ccc(N(c2ccc(OC)cc2)c2ccc(OC)cc2)cc1. The first-order valence-corrected chi connectivity index (χ1v) is 17.6. The molecule has 6 aromatic rings. The highest BCUT2D eigenvalue weighted by atomic mass is 16.5. The minimum absolute atomic E-state index is 0.0567. The highest BCUT2D eigenvalue weighted by Gasteiger charge is 2.27. The van der Waals surface area contributed by atoms with E-state index in [0.717, 1.165) is 57.1 Å². The lowest BCUT2D eigenvalue weighted by Crippen LogP contribution is -2.14.